The van der Waals surface area contributed by atoms with E-state index in [1.165, 1.54) is 29.9 Å². The van der Waals surface area contributed by atoms with Crippen molar-refractivity contribution in [1.82, 2.24) is 4.90 Å². The van der Waals surface area contributed by atoms with E-state index in [4.69, 9.17) is 11.8 Å². The molecule has 0 saturated heterocycles. The largest absolute Gasteiger partial charge is 0.306 e. The zero-order valence-electron chi connectivity index (χ0n) is 13.4. The molecule has 1 nitrogen and oxygen atoms in total. The average Bonchev–Trinajstić information content (AvgIpc) is 3.06. The highest BCUT2D eigenvalue weighted by Gasteiger charge is 2.41. The van der Waals surface area contributed by atoms with E-state index >= 15 is 0 Å². The van der Waals surface area contributed by atoms with Crippen molar-refractivity contribution in [3.63, 3.8) is 0 Å². The van der Waals surface area contributed by atoms with E-state index in [9.17, 15) is 0 Å². The molecule has 1 fully saturated rings. The normalized spacial score (nSPS) is 22.1. The Bertz CT molecular complexity index is 610. The second kappa shape index (κ2) is 6.66. The minimum absolute atomic E-state index is 0.585. The molecule has 1 saturated carbocycles. The van der Waals surface area contributed by atoms with Gasteiger partial charge in [0.15, 0.2) is 0 Å². The molecule has 0 spiro atoms. The molecule has 2 unspecified atom stereocenters. The van der Waals surface area contributed by atoms with Gasteiger partial charge < -0.3 is 4.90 Å². The molecule has 3 heteroatoms. The van der Waals surface area contributed by atoms with E-state index in [0.717, 1.165) is 0 Å². The third-order valence-electron chi connectivity index (χ3n) is 4.85. The quantitative estimate of drug-likeness (QED) is 0.789. The first-order valence-electron chi connectivity index (χ1n) is 8.01. The number of hydrogen-bond donors (Lipinski definition) is 0. The predicted molar refractivity (Wildman–Crippen MR) is 102 cm³/mol. The molecule has 0 bridgehead atoms. The first-order chi connectivity index (χ1) is 10.6. The van der Waals surface area contributed by atoms with Crippen LogP contribution in [0.2, 0.25) is 0 Å². The minimum Gasteiger partial charge on any atom is -0.306 e. The standard InChI is InChI=1S/C19H24NPS/c1-20(2)18-14-9-15-19(18)21(22,16-10-5-3-6-11-16)17-12-7-4-8-13-17/h3-8,10-13,18-19H,9,14-15H2,1-2H3. The molecule has 2 aromatic rings. The summed E-state index contributed by atoms with van der Waals surface area (Å²) in [5.74, 6) is 0. The summed E-state index contributed by atoms with van der Waals surface area (Å²) in [5.41, 5.74) is 0.585. The van der Waals surface area contributed by atoms with Gasteiger partial charge in [-0.25, -0.2) is 0 Å². The van der Waals surface area contributed by atoms with Gasteiger partial charge in [-0.05, 0) is 37.5 Å². The van der Waals surface area contributed by atoms with Crippen LogP contribution in [0.3, 0.4) is 0 Å². The molecule has 0 aromatic heterocycles. The molecule has 0 N–H and O–H groups in total. The van der Waals surface area contributed by atoms with Crippen LogP contribution in [0, 0.1) is 0 Å². The van der Waals surface area contributed by atoms with Gasteiger partial charge in [0.25, 0.3) is 0 Å². The van der Waals surface area contributed by atoms with Crippen molar-refractivity contribution >= 4 is 28.5 Å². The van der Waals surface area contributed by atoms with Crippen LogP contribution in [0.4, 0.5) is 0 Å². The molecule has 1 aliphatic rings. The van der Waals surface area contributed by atoms with Gasteiger partial charge >= 0.3 is 0 Å². The average molecular weight is 329 g/mol. The Balaban J connectivity index is 2.14. The van der Waals surface area contributed by atoms with Crippen LogP contribution in [0.25, 0.3) is 0 Å². The molecule has 116 valence electrons. The molecule has 22 heavy (non-hydrogen) atoms. The van der Waals surface area contributed by atoms with Gasteiger partial charge in [0, 0.05) is 17.7 Å². The van der Waals surface area contributed by atoms with E-state index in [1.54, 1.807) is 0 Å². The molecular formula is C19H24NPS. The lowest BCUT2D eigenvalue weighted by Crippen LogP contribution is -2.39. The Morgan fingerprint density at radius 1 is 0.864 bits per heavy atom. The molecule has 0 heterocycles. The van der Waals surface area contributed by atoms with Crippen molar-refractivity contribution in [2.75, 3.05) is 14.1 Å². The zero-order valence-corrected chi connectivity index (χ0v) is 15.1. The summed E-state index contributed by atoms with van der Waals surface area (Å²) in [4.78, 5) is 2.39. The molecule has 0 aliphatic heterocycles. The molecular weight excluding hydrogens is 305 g/mol. The van der Waals surface area contributed by atoms with Crippen LogP contribution in [0.15, 0.2) is 60.7 Å². The molecule has 2 aromatic carbocycles. The van der Waals surface area contributed by atoms with Crippen molar-refractivity contribution in [3.8, 4) is 0 Å². The Labute approximate surface area is 139 Å². The first-order valence-corrected chi connectivity index (χ1v) is 10.9. The van der Waals surface area contributed by atoms with Crippen LogP contribution < -0.4 is 10.6 Å². The van der Waals surface area contributed by atoms with Gasteiger partial charge in [0.1, 0.15) is 0 Å². The van der Waals surface area contributed by atoms with E-state index in [2.05, 4.69) is 79.7 Å². The third kappa shape index (κ3) is 2.80. The van der Waals surface area contributed by atoms with Crippen molar-refractivity contribution in [2.24, 2.45) is 0 Å². The highest BCUT2D eigenvalue weighted by Crippen LogP contribution is 2.55. The van der Waals surface area contributed by atoms with Crippen molar-refractivity contribution in [1.29, 1.82) is 0 Å². The zero-order chi connectivity index (χ0) is 15.6. The summed E-state index contributed by atoms with van der Waals surface area (Å²) in [6.45, 7) is 0. The molecule has 2 atom stereocenters. The Morgan fingerprint density at radius 3 is 1.82 bits per heavy atom. The van der Waals surface area contributed by atoms with Crippen molar-refractivity contribution in [3.05, 3.63) is 60.7 Å². The summed E-state index contributed by atoms with van der Waals surface area (Å²) in [6, 6.07) is 20.5. The second-order valence-electron chi connectivity index (χ2n) is 6.36. The van der Waals surface area contributed by atoms with Crippen molar-refractivity contribution < 1.29 is 0 Å². The summed E-state index contributed by atoms with van der Waals surface area (Å²) < 4.78 is 0. The number of hydrogen-bond acceptors (Lipinski definition) is 2. The van der Waals surface area contributed by atoms with Gasteiger partial charge in [-0.15, -0.1) is 0 Å². The maximum absolute atomic E-state index is 6.48. The smallest absolute Gasteiger partial charge is 0.0170 e. The van der Waals surface area contributed by atoms with Crippen LogP contribution in [0.1, 0.15) is 19.3 Å². The van der Waals surface area contributed by atoms with E-state index in [0.29, 0.717) is 11.7 Å². The fourth-order valence-electron chi connectivity index (χ4n) is 3.78. The van der Waals surface area contributed by atoms with Gasteiger partial charge in [-0.3, -0.25) is 0 Å². The predicted octanol–water partition coefficient (Wildman–Crippen LogP) is 3.60. The SMILES string of the molecule is CN(C)C1CCCC1P(=S)(c1ccccc1)c1ccccc1. The number of nitrogens with zero attached hydrogens (tertiary/aromatic N) is 1. The van der Waals surface area contributed by atoms with Crippen LogP contribution in [-0.2, 0) is 11.8 Å². The minimum atomic E-state index is -1.79. The first kappa shape index (κ1) is 15.9. The Morgan fingerprint density at radius 2 is 1.36 bits per heavy atom. The van der Waals surface area contributed by atoms with Crippen molar-refractivity contribution in [2.45, 2.75) is 31.0 Å². The summed E-state index contributed by atoms with van der Waals surface area (Å²) in [6.07, 6.45) is 3.82. The highest BCUT2D eigenvalue weighted by atomic mass is 32.4. The topological polar surface area (TPSA) is 3.24 Å². The lowest BCUT2D eigenvalue weighted by atomic mass is 10.2. The molecule has 0 radical (unpaired) electrons. The van der Waals surface area contributed by atoms with Crippen LogP contribution in [0.5, 0.6) is 0 Å². The molecule has 3 rings (SSSR count). The van der Waals surface area contributed by atoms with Gasteiger partial charge in [-0.2, -0.15) is 0 Å². The van der Waals surface area contributed by atoms with E-state index < -0.39 is 6.04 Å². The molecule has 1 aliphatic carbocycles. The lowest BCUT2D eigenvalue weighted by Gasteiger charge is -2.36. The third-order valence-corrected chi connectivity index (χ3v) is 10.6. The fourth-order valence-corrected chi connectivity index (χ4v) is 8.99. The highest BCUT2D eigenvalue weighted by molar-refractivity contribution is 8.22. The number of benzene rings is 2. The maximum Gasteiger partial charge on any atom is 0.0170 e. The second-order valence-corrected chi connectivity index (χ2v) is 11.1. The van der Waals surface area contributed by atoms with Crippen LogP contribution in [-0.4, -0.2) is 30.7 Å². The molecule has 0 amide bonds. The van der Waals surface area contributed by atoms with Gasteiger partial charge in [0.05, 0.1) is 0 Å². The monoisotopic (exact) mass is 329 g/mol. The Hall–Kier alpha value is -0.950. The van der Waals surface area contributed by atoms with Gasteiger partial charge in [0.2, 0.25) is 0 Å². The lowest BCUT2D eigenvalue weighted by molar-refractivity contribution is 0.303. The maximum atomic E-state index is 6.48. The van der Waals surface area contributed by atoms with Gasteiger partial charge in [-0.1, -0.05) is 78.9 Å². The summed E-state index contributed by atoms with van der Waals surface area (Å²) in [7, 11) is 4.41. The number of rotatable bonds is 4. The summed E-state index contributed by atoms with van der Waals surface area (Å²) >= 11 is 6.48. The fraction of sp³-hybridized carbons (Fsp3) is 0.368. The van der Waals surface area contributed by atoms with E-state index in [-0.39, 0.29) is 0 Å². The van der Waals surface area contributed by atoms with E-state index in [1.807, 2.05) is 0 Å². The Kier molecular flexibility index (Phi) is 4.82. The summed E-state index contributed by atoms with van der Waals surface area (Å²) in [5, 5.41) is 2.74. The van der Waals surface area contributed by atoms with Crippen LogP contribution >= 0.6 is 6.04 Å².